The summed E-state index contributed by atoms with van der Waals surface area (Å²) in [4.78, 5) is 18.7. The minimum absolute atomic E-state index is 0.112. The van der Waals surface area contributed by atoms with Gasteiger partial charge in [-0.25, -0.2) is 9.50 Å². The van der Waals surface area contributed by atoms with Gasteiger partial charge >= 0.3 is 0 Å². The molecule has 1 aliphatic carbocycles. The highest BCUT2D eigenvalue weighted by atomic mass is 16.3. The van der Waals surface area contributed by atoms with E-state index >= 15 is 0 Å². The normalized spacial score (nSPS) is 18.0. The van der Waals surface area contributed by atoms with Crippen LogP contribution in [0.25, 0.3) is 28.0 Å². The summed E-state index contributed by atoms with van der Waals surface area (Å²) >= 11 is 0. The highest BCUT2D eigenvalue weighted by molar-refractivity contribution is 5.87. The molecule has 33 heavy (non-hydrogen) atoms. The summed E-state index contributed by atoms with van der Waals surface area (Å²) in [5.41, 5.74) is 10.1. The molecule has 4 heterocycles. The lowest BCUT2D eigenvalue weighted by atomic mass is 10.0. The maximum atomic E-state index is 12.4. The first kappa shape index (κ1) is 19.9. The van der Waals surface area contributed by atoms with Crippen LogP contribution in [0.4, 0.5) is 5.69 Å². The lowest BCUT2D eigenvalue weighted by Gasteiger charge is -2.33. The Morgan fingerprint density at radius 1 is 1.03 bits per heavy atom. The Hall–Kier alpha value is -3.72. The molecule has 1 amide bonds. The molecule has 1 aliphatic heterocycles. The van der Waals surface area contributed by atoms with Crippen LogP contribution in [0, 0.1) is 0 Å². The van der Waals surface area contributed by atoms with Crippen LogP contribution < -0.4 is 5.73 Å². The number of hydrogen-bond donors (Lipinski definition) is 2. The first-order chi connectivity index (χ1) is 16.0. The summed E-state index contributed by atoms with van der Waals surface area (Å²) in [6.45, 7) is 1.30. The van der Waals surface area contributed by atoms with Gasteiger partial charge in [-0.3, -0.25) is 9.48 Å². The highest BCUT2D eigenvalue weighted by Gasteiger charge is 2.50. The number of carbonyl (C=O) groups excluding carboxylic acids is 1. The number of rotatable bonds is 4. The second kappa shape index (κ2) is 7.41. The average Bonchev–Trinajstić information content (AvgIpc) is 3.24. The summed E-state index contributed by atoms with van der Waals surface area (Å²) in [5.74, 6) is -0.112. The van der Waals surface area contributed by atoms with Gasteiger partial charge in [0.25, 0.3) is 5.91 Å². The number of benzene rings is 1. The molecular formula is C24H25N7O2. The molecule has 2 fully saturated rings. The molecule has 4 aromatic rings. The van der Waals surface area contributed by atoms with Crippen LogP contribution in [0.3, 0.4) is 0 Å². The number of nitrogens with zero attached hydrogens (tertiary/aromatic N) is 6. The molecule has 6 rings (SSSR count). The Morgan fingerprint density at radius 3 is 2.58 bits per heavy atom. The molecule has 9 heteroatoms. The van der Waals surface area contributed by atoms with Gasteiger partial charge in [-0.15, -0.1) is 0 Å². The van der Waals surface area contributed by atoms with E-state index in [0.29, 0.717) is 31.6 Å². The molecule has 3 N–H and O–H groups in total. The summed E-state index contributed by atoms with van der Waals surface area (Å²) in [6.07, 6.45) is 10.3. The maximum Gasteiger partial charge on any atom is 0.254 e. The van der Waals surface area contributed by atoms with Crippen molar-refractivity contribution in [3.63, 3.8) is 0 Å². The van der Waals surface area contributed by atoms with Crippen molar-refractivity contribution in [1.82, 2.24) is 29.3 Å². The fourth-order valence-corrected chi connectivity index (χ4v) is 4.58. The van der Waals surface area contributed by atoms with E-state index in [2.05, 4.69) is 15.2 Å². The van der Waals surface area contributed by atoms with E-state index in [1.807, 2.05) is 58.1 Å². The van der Waals surface area contributed by atoms with E-state index in [-0.39, 0.29) is 11.9 Å². The minimum atomic E-state index is -1.09. The number of anilines is 1. The number of carbonyl (C=O) groups is 1. The zero-order valence-corrected chi connectivity index (χ0v) is 18.1. The average molecular weight is 444 g/mol. The van der Waals surface area contributed by atoms with Crippen LogP contribution in [0.15, 0.2) is 55.1 Å². The minimum Gasteiger partial charge on any atom is -0.399 e. The number of likely N-dealkylation sites (tertiary alicyclic amines) is 1. The SMILES string of the molecule is Nc1cccc(-c2cnc3cc(-c4cnn(C5CCN(C(=O)C6(O)CC6)CC5)c4)cnn23)c1. The fourth-order valence-electron chi connectivity index (χ4n) is 4.58. The number of imidazole rings is 1. The Balaban J connectivity index is 1.19. The Kier molecular flexibility index (Phi) is 4.48. The van der Waals surface area contributed by atoms with Gasteiger partial charge in [-0.2, -0.15) is 10.2 Å². The van der Waals surface area contributed by atoms with Crippen LogP contribution in [0.1, 0.15) is 31.7 Å². The number of piperidine rings is 1. The second-order valence-corrected chi connectivity index (χ2v) is 9.05. The maximum absolute atomic E-state index is 12.4. The molecule has 0 atom stereocenters. The third-order valence-corrected chi connectivity index (χ3v) is 6.73. The largest absolute Gasteiger partial charge is 0.399 e. The fraction of sp³-hybridized carbons (Fsp3) is 0.333. The topological polar surface area (TPSA) is 115 Å². The number of nitrogen functional groups attached to an aromatic ring is 1. The summed E-state index contributed by atoms with van der Waals surface area (Å²) in [6, 6.07) is 9.90. The molecule has 0 spiro atoms. The van der Waals surface area contributed by atoms with Gasteiger partial charge in [0.05, 0.1) is 30.3 Å². The predicted octanol–water partition coefficient (Wildman–Crippen LogP) is 2.53. The summed E-state index contributed by atoms with van der Waals surface area (Å²) in [7, 11) is 0. The Morgan fingerprint density at radius 2 is 1.82 bits per heavy atom. The zero-order valence-electron chi connectivity index (χ0n) is 18.1. The smallest absolute Gasteiger partial charge is 0.254 e. The molecule has 168 valence electrons. The number of aromatic nitrogens is 5. The van der Waals surface area contributed by atoms with Gasteiger partial charge in [-0.1, -0.05) is 12.1 Å². The molecule has 1 saturated heterocycles. The molecule has 0 radical (unpaired) electrons. The van der Waals surface area contributed by atoms with Crippen molar-refractivity contribution >= 4 is 17.2 Å². The standard InChI is InChI=1S/C24H25N7O2/c25-19-3-1-2-16(10-19)21-14-26-22-11-17(12-28-31(21)22)18-13-27-30(15-18)20-4-8-29(9-5-20)23(32)24(33)6-7-24/h1-3,10-15,20,33H,4-9,25H2. The quantitative estimate of drug-likeness (QED) is 0.469. The number of hydrogen-bond acceptors (Lipinski definition) is 6. The lowest BCUT2D eigenvalue weighted by molar-refractivity contribution is -0.143. The van der Waals surface area contributed by atoms with Crippen molar-refractivity contribution in [2.75, 3.05) is 18.8 Å². The summed E-state index contributed by atoms with van der Waals surface area (Å²) < 4.78 is 3.79. The van der Waals surface area contributed by atoms with Crippen LogP contribution in [0.5, 0.6) is 0 Å². The van der Waals surface area contributed by atoms with Gasteiger partial charge in [-0.05, 0) is 43.9 Å². The number of nitrogens with two attached hydrogens (primary N) is 1. The van der Waals surface area contributed by atoms with E-state index in [9.17, 15) is 9.90 Å². The predicted molar refractivity (Wildman–Crippen MR) is 123 cm³/mol. The molecule has 1 saturated carbocycles. The van der Waals surface area contributed by atoms with Crippen LogP contribution in [0.2, 0.25) is 0 Å². The van der Waals surface area contributed by atoms with Gasteiger partial charge < -0.3 is 15.7 Å². The molecule has 2 aliphatic rings. The van der Waals surface area contributed by atoms with Crippen molar-refractivity contribution in [3.05, 3.63) is 55.1 Å². The molecule has 0 unspecified atom stereocenters. The van der Waals surface area contributed by atoms with Crippen molar-refractivity contribution in [2.45, 2.75) is 37.3 Å². The van der Waals surface area contributed by atoms with E-state index in [1.54, 1.807) is 11.1 Å². The first-order valence-corrected chi connectivity index (χ1v) is 11.3. The van der Waals surface area contributed by atoms with E-state index in [4.69, 9.17) is 5.73 Å². The van der Waals surface area contributed by atoms with Crippen molar-refractivity contribution < 1.29 is 9.90 Å². The van der Waals surface area contributed by atoms with Crippen molar-refractivity contribution in [2.24, 2.45) is 0 Å². The highest BCUT2D eigenvalue weighted by Crippen LogP contribution is 2.38. The van der Waals surface area contributed by atoms with Crippen LogP contribution in [-0.4, -0.2) is 59.0 Å². The van der Waals surface area contributed by atoms with Gasteiger partial charge in [0.2, 0.25) is 0 Å². The molecular weight excluding hydrogens is 418 g/mol. The monoisotopic (exact) mass is 443 g/mol. The van der Waals surface area contributed by atoms with Gasteiger partial charge in [0, 0.05) is 41.7 Å². The third-order valence-electron chi connectivity index (χ3n) is 6.73. The van der Waals surface area contributed by atoms with E-state index in [1.165, 1.54) is 0 Å². The second-order valence-electron chi connectivity index (χ2n) is 9.05. The molecule has 0 bridgehead atoms. The Bertz CT molecular complexity index is 1350. The Labute approximate surface area is 190 Å². The molecule has 3 aromatic heterocycles. The first-order valence-electron chi connectivity index (χ1n) is 11.3. The molecule has 1 aromatic carbocycles. The van der Waals surface area contributed by atoms with Crippen LogP contribution >= 0.6 is 0 Å². The molecule has 9 nitrogen and oxygen atoms in total. The zero-order chi connectivity index (χ0) is 22.6. The number of amides is 1. The lowest BCUT2D eigenvalue weighted by Crippen LogP contribution is -2.45. The van der Waals surface area contributed by atoms with Gasteiger partial charge in [0.1, 0.15) is 5.60 Å². The van der Waals surface area contributed by atoms with Crippen LogP contribution in [-0.2, 0) is 4.79 Å². The van der Waals surface area contributed by atoms with E-state index in [0.717, 1.165) is 40.9 Å². The van der Waals surface area contributed by atoms with Gasteiger partial charge in [0.15, 0.2) is 5.65 Å². The van der Waals surface area contributed by atoms with Crippen molar-refractivity contribution in [1.29, 1.82) is 0 Å². The number of aliphatic hydroxyl groups is 1. The third kappa shape index (κ3) is 3.54. The summed E-state index contributed by atoms with van der Waals surface area (Å²) in [5, 5.41) is 19.3. The number of fused-ring (bicyclic) bond motifs is 1. The van der Waals surface area contributed by atoms with E-state index < -0.39 is 5.60 Å². The van der Waals surface area contributed by atoms with Crippen molar-refractivity contribution in [3.8, 4) is 22.4 Å².